The molecule has 0 aliphatic heterocycles. The van der Waals surface area contributed by atoms with Crippen LogP contribution in [-0.4, -0.2) is 21.9 Å². The Bertz CT molecular complexity index is 1120. The van der Waals surface area contributed by atoms with E-state index in [4.69, 9.17) is 5.26 Å². The lowest BCUT2D eigenvalue weighted by atomic mass is 9.73. The Morgan fingerprint density at radius 2 is 1.80 bits per heavy atom. The van der Waals surface area contributed by atoms with Crippen LogP contribution in [0.3, 0.4) is 0 Å². The summed E-state index contributed by atoms with van der Waals surface area (Å²) in [7, 11) is 0. The largest absolute Gasteiger partial charge is 0.417 e. The number of aliphatic hydroxyl groups is 1. The quantitative estimate of drug-likeness (QED) is 0.523. The molecule has 0 spiro atoms. The van der Waals surface area contributed by atoms with E-state index in [1.54, 1.807) is 45.0 Å². The SMILES string of the molecule is Cc1cc(C#N)cc2[nH]c(CC(O)(CC(C)(C)c3cccc(F)c3)C(F)(F)F)cc12. The molecule has 30 heavy (non-hydrogen) atoms. The van der Waals surface area contributed by atoms with Gasteiger partial charge in [-0.25, -0.2) is 4.39 Å². The summed E-state index contributed by atoms with van der Waals surface area (Å²) in [5.74, 6) is -0.546. The number of nitrogens with one attached hydrogen (secondary N) is 1. The summed E-state index contributed by atoms with van der Waals surface area (Å²) in [4.78, 5) is 2.90. The number of halogens is 4. The number of benzene rings is 2. The van der Waals surface area contributed by atoms with Gasteiger partial charge in [0.05, 0.1) is 11.6 Å². The van der Waals surface area contributed by atoms with Crippen molar-refractivity contribution < 1.29 is 22.7 Å². The Hall–Kier alpha value is -2.85. The zero-order chi connectivity index (χ0) is 22.3. The molecule has 158 valence electrons. The lowest BCUT2D eigenvalue weighted by Crippen LogP contribution is -2.50. The average molecular weight is 418 g/mol. The molecule has 0 aliphatic rings. The highest BCUT2D eigenvalue weighted by molar-refractivity contribution is 5.85. The highest BCUT2D eigenvalue weighted by atomic mass is 19.4. The van der Waals surface area contributed by atoms with Crippen molar-refractivity contribution in [1.82, 2.24) is 4.98 Å². The number of H-pyrrole nitrogens is 1. The summed E-state index contributed by atoms with van der Waals surface area (Å²) in [6, 6.07) is 12.2. The molecule has 0 radical (unpaired) electrons. The maximum atomic E-state index is 14.0. The molecule has 0 amide bonds. The summed E-state index contributed by atoms with van der Waals surface area (Å²) in [6.07, 6.45) is -6.24. The fraction of sp³-hybridized carbons (Fsp3) is 0.348. The number of fused-ring (bicyclic) bond motifs is 1. The monoisotopic (exact) mass is 418 g/mol. The standard InChI is InChI=1S/C23H22F4N2O/c1-14-7-15(12-28)8-20-19(14)10-18(29-20)11-22(30,23(25,26)27)13-21(2,3)16-5-4-6-17(24)9-16/h4-10,29-30H,11,13H2,1-3H3. The molecule has 2 aromatic carbocycles. The first-order valence-electron chi connectivity index (χ1n) is 9.42. The lowest BCUT2D eigenvalue weighted by molar-refractivity contribution is -0.266. The molecule has 2 N–H and O–H groups in total. The summed E-state index contributed by atoms with van der Waals surface area (Å²) in [5, 5.41) is 20.6. The molecule has 1 heterocycles. The number of hydrogen-bond donors (Lipinski definition) is 2. The number of aromatic nitrogens is 1. The fourth-order valence-corrected chi connectivity index (χ4v) is 3.96. The Balaban J connectivity index is 1.99. The van der Waals surface area contributed by atoms with Crippen LogP contribution in [0.2, 0.25) is 0 Å². The van der Waals surface area contributed by atoms with Crippen LogP contribution in [0.15, 0.2) is 42.5 Å². The molecular weight excluding hydrogens is 396 g/mol. The molecule has 1 unspecified atom stereocenters. The van der Waals surface area contributed by atoms with Crippen LogP contribution in [0.5, 0.6) is 0 Å². The van der Waals surface area contributed by atoms with Gasteiger partial charge in [0.25, 0.3) is 0 Å². The molecule has 0 aliphatic carbocycles. The molecule has 3 aromatic rings. The number of aromatic amines is 1. The van der Waals surface area contributed by atoms with Gasteiger partial charge in [0, 0.05) is 23.0 Å². The van der Waals surface area contributed by atoms with Gasteiger partial charge in [-0.15, -0.1) is 0 Å². The highest BCUT2D eigenvalue weighted by Gasteiger charge is 2.56. The number of rotatable bonds is 5. The van der Waals surface area contributed by atoms with Crippen LogP contribution in [0.4, 0.5) is 17.6 Å². The third-order valence-electron chi connectivity index (χ3n) is 5.48. The zero-order valence-corrected chi connectivity index (χ0v) is 16.9. The second kappa shape index (κ2) is 7.44. The minimum Gasteiger partial charge on any atom is -0.380 e. The van der Waals surface area contributed by atoms with Gasteiger partial charge in [-0.3, -0.25) is 0 Å². The first-order chi connectivity index (χ1) is 13.8. The number of nitrogens with zero attached hydrogens (tertiary/aromatic N) is 1. The Morgan fingerprint density at radius 3 is 2.40 bits per heavy atom. The molecule has 3 nitrogen and oxygen atoms in total. The van der Waals surface area contributed by atoms with Crippen molar-refractivity contribution in [2.75, 3.05) is 0 Å². The van der Waals surface area contributed by atoms with Gasteiger partial charge in [0.15, 0.2) is 5.60 Å². The van der Waals surface area contributed by atoms with E-state index in [2.05, 4.69) is 4.98 Å². The number of alkyl halides is 3. The topological polar surface area (TPSA) is 59.8 Å². The second-order valence-corrected chi connectivity index (χ2v) is 8.44. The van der Waals surface area contributed by atoms with Crippen molar-refractivity contribution in [1.29, 1.82) is 5.26 Å². The Morgan fingerprint density at radius 1 is 1.10 bits per heavy atom. The smallest absolute Gasteiger partial charge is 0.380 e. The predicted molar refractivity (Wildman–Crippen MR) is 107 cm³/mol. The minimum atomic E-state index is -4.90. The highest BCUT2D eigenvalue weighted by Crippen LogP contribution is 2.43. The normalized spacial score (nSPS) is 14.5. The summed E-state index contributed by atoms with van der Waals surface area (Å²) >= 11 is 0. The molecular formula is C23H22F4N2O. The second-order valence-electron chi connectivity index (χ2n) is 8.44. The van der Waals surface area contributed by atoms with E-state index in [-0.39, 0.29) is 5.69 Å². The number of aryl methyl sites for hydroxylation is 1. The van der Waals surface area contributed by atoms with Crippen molar-refractivity contribution in [3.05, 3.63) is 70.7 Å². The summed E-state index contributed by atoms with van der Waals surface area (Å²) < 4.78 is 55.6. The van der Waals surface area contributed by atoms with E-state index in [1.807, 2.05) is 6.07 Å². The third-order valence-corrected chi connectivity index (χ3v) is 5.48. The van der Waals surface area contributed by atoms with Crippen LogP contribution >= 0.6 is 0 Å². The predicted octanol–water partition coefficient (Wildman–Crippen LogP) is 5.69. The van der Waals surface area contributed by atoms with Gasteiger partial charge in [0.2, 0.25) is 0 Å². The van der Waals surface area contributed by atoms with Crippen LogP contribution in [-0.2, 0) is 11.8 Å². The number of nitriles is 1. The first kappa shape index (κ1) is 21.8. The molecule has 0 saturated carbocycles. The van der Waals surface area contributed by atoms with Crippen molar-refractivity contribution in [3.63, 3.8) is 0 Å². The van der Waals surface area contributed by atoms with Gasteiger partial charge >= 0.3 is 6.18 Å². The van der Waals surface area contributed by atoms with Crippen LogP contribution in [0, 0.1) is 24.1 Å². The van der Waals surface area contributed by atoms with E-state index in [1.165, 1.54) is 18.2 Å². The Kier molecular flexibility index (Phi) is 5.42. The van der Waals surface area contributed by atoms with Gasteiger partial charge in [-0.05, 0) is 60.2 Å². The minimum absolute atomic E-state index is 0.207. The van der Waals surface area contributed by atoms with Crippen LogP contribution < -0.4 is 0 Å². The average Bonchev–Trinajstić information content (AvgIpc) is 3.02. The molecule has 0 saturated heterocycles. The maximum Gasteiger partial charge on any atom is 0.417 e. The third kappa shape index (κ3) is 4.19. The van der Waals surface area contributed by atoms with E-state index >= 15 is 0 Å². The van der Waals surface area contributed by atoms with Crippen LogP contribution in [0.1, 0.15) is 42.7 Å². The number of hydrogen-bond acceptors (Lipinski definition) is 2. The molecule has 7 heteroatoms. The van der Waals surface area contributed by atoms with E-state index in [9.17, 15) is 22.7 Å². The zero-order valence-electron chi connectivity index (χ0n) is 16.9. The van der Waals surface area contributed by atoms with Gasteiger partial charge in [0.1, 0.15) is 5.82 Å². The molecule has 3 rings (SSSR count). The molecule has 0 bridgehead atoms. The van der Waals surface area contributed by atoms with Crippen molar-refractivity contribution in [3.8, 4) is 6.07 Å². The summed E-state index contributed by atoms with van der Waals surface area (Å²) in [5.41, 5.74) is -1.91. The van der Waals surface area contributed by atoms with Gasteiger partial charge < -0.3 is 10.1 Å². The van der Waals surface area contributed by atoms with Crippen LogP contribution in [0.25, 0.3) is 10.9 Å². The van der Waals surface area contributed by atoms with Crippen molar-refractivity contribution in [2.24, 2.45) is 0 Å². The lowest BCUT2D eigenvalue weighted by Gasteiger charge is -2.38. The molecule has 0 fully saturated rings. The van der Waals surface area contributed by atoms with E-state index in [0.717, 1.165) is 5.56 Å². The fourth-order valence-electron chi connectivity index (χ4n) is 3.96. The summed E-state index contributed by atoms with van der Waals surface area (Å²) in [6.45, 7) is 4.86. The molecule has 1 atom stereocenters. The maximum absolute atomic E-state index is 14.0. The van der Waals surface area contributed by atoms with E-state index in [0.29, 0.717) is 22.0 Å². The van der Waals surface area contributed by atoms with Gasteiger partial charge in [-0.2, -0.15) is 18.4 Å². The van der Waals surface area contributed by atoms with Gasteiger partial charge in [-0.1, -0.05) is 26.0 Å². The van der Waals surface area contributed by atoms with Crippen molar-refractivity contribution in [2.45, 2.75) is 50.8 Å². The van der Waals surface area contributed by atoms with Crippen molar-refractivity contribution >= 4 is 10.9 Å². The molecule has 1 aromatic heterocycles. The van der Waals surface area contributed by atoms with E-state index < -0.39 is 35.9 Å². The Labute approximate surface area is 172 Å². The first-order valence-corrected chi connectivity index (χ1v) is 9.42.